The maximum Gasteiger partial charge on any atom is 0.446 e. The predicted molar refractivity (Wildman–Crippen MR) is 53.9 cm³/mol. The Kier molecular flexibility index (Phi) is 2.29. The summed E-state index contributed by atoms with van der Waals surface area (Å²) in [7, 11) is -4.50. The van der Waals surface area contributed by atoms with E-state index in [0.717, 1.165) is 0 Å². The Balaban J connectivity index is 2.61. The molecule has 0 aliphatic rings. The normalized spacial score (nSPS) is 11.5. The Hall–Kier alpha value is -1.66. The van der Waals surface area contributed by atoms with Crippen molar-refractivity contribution in [2.45, 2.75) is 0 Å². The lowest BCUT2D eigenvalue weighted by Gasteiger charge is -2.04. The molecule has 5 nitrogen and oxygen atoms in total. The number of fused-ring (bicyclic) bond motifs is 1. The number of para-hydroxylation sites is 1. The van der Waals surface area contributed by atoms with Crippen molar-refractivity contribution >= 4 is 21.3 Å². The summed E-state index contributed by atoms with van der Waals surface area (Å²) >= 11 is 0. The van der Waals surface area contributed by atoms with E-state index in [1.165, 1.54) is 12.3 Å². The zero-order valence-electron chi connectivity index (χ0n) is 7.49. The highest BCUT2D eigenvalue weighted by molar-refractivity contribution is 7.81. The van der Waals surface area contributed by atoms with Crippen LogP contribution in [0.3, 0.4) is 0 Å². The molecule has 0 aliphatic heterocycles. The molecule has 1 aromatic carbocycles. The highest BCUT2D eigenvalue weighted by Gasteiger charge is 2.09. The third kappa shape index (κ3) is 2.23. The van der Waals surface area contributed by atoms with Crippen LogP contribution in [0.1, 0.15) is 0 Å². The van der Waals surface area contributed by atoms with Crippen molar-refractivity contribution in [1.82, 2.24) is 4.98 Å². The van der Waals surface area contributed by atoms with Crippen molar-refractivity contribution in [2.75, 3.05) is 0 Å². The number of hydrogen-bond acceptors (Lipinski definition) is 4. The first-order chi connectivity index (χ1) is 7.06. The summed E-state index contributed by atoms with van der Waals surface area (Å²) in [5.41, 5.74) is 0.596. The molecule has 0 aliphatic carbocycles. The topological polar surface area (TPSA) is 76.5 Å². The second-order valence-electron chi connectivity index (χ2n) is 2.84. The van der Waals surface area contributed by atoms with Crippen LogP contribution in [0.2, 0.25) is 0 Å². The van der Waals surface area contributed by atoms with Gasteiger partial charge in [0.25, 0.3) is 0 Å². The van der Waals surface area contributed by atoms with Crippen LogP contribution < -0.4 is 4.18 Å². The maximum absolute atomic E-state index is 10.6. The summed E-state index contributed by atoms with van der Waals surface area (Å²) in [4.78, 5) is 4.02. The van der Waals surface area contributed by atoms with Crippen LogP contribution in [0.4, 0.5) is 0 Å². The Morgan fingerprint density at radius 2 is 1.93 bits per heavy atom. The number of pyridine rings is 1. The van der Waals surface area contributed by atoms with Crippen molar-refractivity contribution < 1.29 is 17.2 Å². The van der Waals surface area contributed by atoms with Gasteiger partial charge in [0.2, 0.25) is 0 Å². The van der Waals surface area contributed by atoms with Crippen LogP contribution in [0.15, 0.2) is 36.5 Å². The van der Waals surface area contributed by atoms with E-state index in [0.29, 0.717) is 10.9 Å². The minimum absolute atomic E-state index is 0.0584. The molecule has 0 bridgehead atoms. The number of nitrogens with zero attached hydrogens (tertiary/aromatic N) is 1. The van der Waals surface area contributed by atoms with Gasteiger partial charge in [0.15, 0.2) is 5.75 Å². The second-order valence-corrected chi connectivity index (χ2v) is 3.86. The molecule has 0 unspecified atom stereocenters. The van der Waals surface area contributed by atoms with Gasteiger partial charge in [-0.05, 0) is 12.1 Å². The minimum Gasteiger partial charge on any atom is -0.361 e. The molecule has 0 atom stereocenters. The number of benzene rings is 1. The van der Waals surface area contributed by atoms with E-state index < -0.39 is 10.4 Å². The van der Waals surface area contributed by atoms with Crippen molar-refractivity contribution in [2.24, 2.45) is 0 Å². The summed E-state index contributed by atoms with van der Waals surface area (Å²) in [5, 5.41) is 0.526. The quantitative estimate of drug-likeness (QED) is 0.782. The van der Waals surface area contributed by atoms with Crippen LogP contribution in [0.5, 0.6) is 5.75 Å². The fourth-order valence-corrected chi connectivity index (χ4v) is 1.63. The molecule has 0 saturated heterocycles. The molecular weight excluding hydrogens is 218 g/mol. The van der Waals surface area contributed by atoms with Gasteiger partial charge >= 0.3 is 10.4 Å². The molecule has 2 rings (SSSR count). The summed E-state index contributed by atoms with van der Waals surface area (Å²) in [5.74, 6) is 0.0584. The van der Waals surface area contributed by atoms with E-state index in [2.05, 4.69) is 9.17 Å². The molecule has 78 valence electrons. The van der Waals surface area contributed by atoms with Crippen molar-refractivity contribution in [3.63, 3.8) is 0 Å². The molecule has 0 radical (unpaired) electrons. The van der Waals surface area contributed by atoms with Crippen LogP contribution in [0.25, 0.3) is 10.9 Å². The molecule has 0 amide bonds. The molecule has 2 aromatic rings. The summed E-state index contributed by atoms with van der Waals surface area (Å²) in [6.07, 6.45) is 1.41. The second kappa shape index (κ2) is 3.48. The largest absolute Gasteiger partial charge is 0.446 e. The fraction of sp³-hybridized carbons (Fsp3) is 0. The van der Waals surface area contributed by atoms with Crippen molar-refractivity contribution in [3.8, 4) is 5.75 Å². The molecular formula is C9H7NO4S. The SMILES string of the molecule is O=S(=O)(O)Oc1ccnc2ccccc12. The molecule has 1 heterocycles. The van der Waals surface area contributed by atoms with Gasteiger partial charge in [-0.25, -0.2) is 0 Å². The predicted octanol–water partition coefficient (Wildman–Crippen LogP) is 1.42. The van der Waals surface area contributed by atoms with E-state index in [1.54, 1.807) is 24.3 Å². The monoisotopic (exact) mass is 225 g/mol. The van der Waals surface area contributed by atoms with Crippen LogP contribution >= 0.6 is 0 Å². The van der Waals surface area contributed by atoms with Gasteiger partial charge in [0.1, 0.15) is 0 Å². The summed E-state index contributed by atoms with van der Waals surface area (Å²) < 4.78 is 34.1. The lowest BCUT2D eigenvalue weighted by Crippen LogP contribution is -2.06. The lowest BCUT2D eigenvalue weighted by molar-refractivity contribution is 0.388. The Morgan fingerprint density at radius 3 is 2.67 bits per heavy atom. The smallest absolute Gasteiger partial charge is 0.361 e. The third-order valence-corrected chi connectivity index (χ3v) is 2.19. The fourth-order valence-electron chi connectivity index (χ4n) is 1.26. The molecule has 1 aromatic heterocycles. The maximum atomic E-state index is 10.6. The highest BCUT2D eigenvalue weighted by Crippen LogP contribution is 2.24. The molecule has 0 fully saturated rings. The van der Waals surface area contributed by atoms with Gasteiger partial charge in [0, 0.05) is 17.6 Å². The Bertz CT molecular complexity index is 589. The van der Waals surface area contributed by atoms with E-state index in [9.17, 15) is 8.42 Å². The third-order valence-electron chi connectivity index (χ3n) is 1.80. The first-order valence-electron chi connectivity index (χ1n) is 4.07. The number of aromatic nitrogens is 1. The standard InChI is InChI=1S/C9H7NO4S/c11-15(12,13)14-9-5-6-10-8-4-2-1-3-7(8)9/h1-6H,(H,11,12,13). The molecule has 0 saturated carbocycles. The average Bonchev–Trinajstić information content (AvgIpc) is 2.16. The molecule has 6 heteroatoms. The highest BCUT2D eigenvalue weighted by atomic mass is 32.3. The van der Waals surface area contributed by atoms with Gasteiger partial charge in [-0.2, -0.15) is 8.42 Å². The van der Waals surface area contributed by atoms with Gasteiger partial charge < -0.3 is 4.18 Å². The van der Waals surface area contributed by atoms with Crippen LogP contribution in [0, 0.1) is 0 Å². The van der Waals surface area contributed by atoms with Crippen LogP contribution in [-0.2, 0) is 10.4 Å². The first kappa shape index (κ1) is 9.88. The zero-order chi connectivity index (χ0) is 10.9. The molecule has 0 spiro atoms. The van der Waals surface area contributed by atoms with Gasteiger partial charge in [-0.1, -0.05) is 12.1 Å². The zero-order valence-corrected chi connectivity index (χ0v) is 8.31. The molecule has 15 heavy (non-hydrogen) atoms. The summed E-state index contributed by atoms with van der Waals surface area (Å²) in [6.45, 7) is 0. The van der Waals surface area contributed by atoms with Crippen molar-refractivity contribution in [1.29, 1.82) is 0 Å². The van der Waals surface area contributed by atoms with Gasteiger partial charge in [0.05, 0.1) is 5.52 Å². The van der Waals surface area contributed by atoms with Gasteiger partial charge in [-0.15, -0.1) is 0 Å². The number of hydrogen-bond donors (Lipinski definition) is 1. The Morgan fingerprint density at radius 1 is 1.20 bits per heavy atom. The lowest BCUT2D eigenvalue weighted by atomic mass is 10.2. The van der Waals surface area contributed by atoms with Crippen molar-refractivity contribution in [3.05, 3.63) is 36.5 Å². The van der Waals surface area contributed by atoms with Crippen LogP contribution in [-0.4, -0.2) is 18.0 Å². The van der Waals surface area contributed by atoms with E-state index in [-0.39, 0.29) is 5.75 Å². The van der Waals surface area contributed by atoms with Gasteiger partial charge in [-0.3, -0.25) is 9.54 Å². The van der Waals surface area contributed by atoms with E-state index in [4.69, 9.17) is 4.55 Å². The average molecular weight is 225 g/mol. The number of rotatable bonds is 2. The molecule has 1 N–H and O–H groups in total. The van der Waals surface area contributed by atoms with E-state index in [1.807, 2.05) is 0 Å². The first-order valence-corrected chi connectivity index (χ1v) is 5.43. The summed E-state index contributed by atoms with van der Waals surface area (Å²) in [6, 6.07) is 8.23. The Labute approximate surface area is 86.3 Å². The van der Waals surface area contributed by atoms with E-state index >= 15 is 0 Å². The minimum atomic E-state index is -4.50.